The van der Waals surface area contributed by atoms with E-state index >= 15 is 0 Å². The van der Waals surface area contributed by atoms with E-state index in [2.05, 4.69) is 26.1 Å². The monoisotopic (exact) mass is 409 g/mol. The Kier molecular flexibility index (Phi) is 11.6. The summed E-state index contributed by atoms with van der Waals surface area (Å²) >= 11 is 0. The van der Waals surface area contributed by atoms with Gasteiger partial charge in [0.15, 0.2) is 0 Å². The molecule has 3 N–H and O–H groups in total. The third-order valence-electron chi connectivity index (χ3n) is 1.44. The highest BCUT2D eigenvalue weighted by Crippen LogP contribution is 2.12. The Balaban J connectivity index is -0.000000333. The van der Waals surface area contributed by atoms with Crippen LogP contribution in [-0.4, -0.2) is 26.1 Å². The van der Waals surface area contributed by atoms with Crippen LogP contribution in [0, 0.1) is 0 Å². The fourth-order valence-electron chi connectivity index (χ4n) is 0.791. The summed E-state index contributed by atoms with van der Waals surface area (Å²) in [5, 5.41) is 0. The lowest BCUT2D eigenvalue weighted by molar-refractivity contribution is -0.00000296. The molecule has 0 bridgehead atoms. The molecule has 13 heavy (non-hydrogen) atoms. The SMILES string of the molecule is C[N+](C)(C)c1ccncc1.I.N.[I-]. The number of hydrogen-bond acceptors (Lipinski definition) is 2. The van der Waals surface area contributed by atoms with Crippen LogP contribution in [0.5, 0.6) is 0 Å². The maximum Gasteiger partial charge on any atom is 0.135 e. The molecule has 3 nitrogen and oxygen atoms in total. The summed E-state index contributed by atoms with van der Waals surface area (Å²) in [5.41, 5.74) is 1.27. The van der Waals surface area contributed by atoms with Crippen molar-refractivity contribution in [1.29, 1.82) is 0 Å². The van der Waals surface area contributed by atoms with Crippen LogP contribution < -0.4 is 34.6 Å². The van der Waals surface area contributed by atoms with Crippen molar-refractivity contribution in [2.75, 3.05) is 21.1 Å². The average molecular weight is 409 g/mol. The van der Waals surface area contributed by atoms with Gasteiger partial charge in [-0.25, -0.2) is 0 Å². The quantitative estimate of drug-likeness (QED) is 0.481. The molecule has 1 heterocycles. The molecule has 0 aliphatic carbocycles. The number of quaternary nitrogens is 1. The predicted molar refractivity (Wildman–Crippen MR) is 64.2 cm³/mol. The van der Waals surface area contributed by atoms with Gasteiger partial charge in [0.1, 0.15) is 5.69 Å². The van der Waals surface area contributed by atoms with Crippen LogP contribution in [0.1, 0.15) is 0 Å². The molecule has 1 aromatic heterocycles. The smallest absolute Gasteiger partial charge is 0.135 e. The summed E-state index contributed by atoms with van der Waals surface area (Å²) in [6.07, 6.45) is 3.64. The second kappa shape index (κ2) is 7.89. The van der Waals surface area contributed by atoms with E-state index in [4.69, 9.17) is 0 Å². The van der Waals surface area contributed by atoms with Gasteiger partial charge in [-0.3, -0.25) is 9.47 Å². The standard InChI is InChI=1S/C8H13N2.2HI.H3N/c1-10(2,3)8-4-6-9-7-5-8;;;/h4-7H,1-3H3;2*1H;1H3/q+1;;;/p-1. The molecule has 0 aliphatic heterocycles. The normalized spacial score (nSPS) is 8.85. The van der Waals surface area contributed by atoms with Gasteiger partial charge >= 0.3 is 0 Å². The lowest BCUT2D eigenvalue weighted by Crippen LogP contribution is -3.00. The summed E-state index contributed by atoms with van der Waals surface area (Å²) in [5.74, 6) is 0. The van der Waals surface area contributed by atoms with Gasteiger partial charge in [-0.1, -0.05) is 0 Å². The van der Waals surface area contributed by atoms with Crippen LogP contribution in [0.2, 0.25) is 0 Å². The average Bonchev–Trinajstić information content (AvgIpc) is 1.88. The maximum absolute atomic E-state index is 3.95. The molecule has 1 aromatic rings. The highest BCUT2D eigenvalue weighted by Gasteiger charge is 2.09. The number of hydrogen-bond donors (Lipinski definition) is 1. The zero-order valence-electron chi connectivity index (χ0n) is 8.20. The Hall–Kier alpha value is 0.530. The van der Waals surface area contributed by atoms with Crippen LogP contribution in [0.25, 0.3) is 0 Å². The zero-order valence-corrected chi connectivity index (χ0v) is 12.7. The summed E-state index contributed by atoms with van der Waals surface area (Å²) in [4.78, 5) is 3.95. The van der Waals surface area contributed by atoms with E-state index in [1.807, 2.05) is 24.5 Å². The van der Waals surface area contributed by atoms with Crippen molar-refractivity contribution in [3.63, 3.8) is 0 Å². The highest BCUT2D eigenvalue weighted by atomic mass is 127. The van der Waals surface area contributed by atoms with E-state index in [0.717, 1.165) is 4.48 Å². The second-order valence-corrected chi connectivity index (χ2v) is 3.22. The first-order valence-corrected chi connectivity index (χ1v) is 3.33. The zero-order chi connectivity index (χ0) is 7.61. The molecule has 0 amide bonds. The van der Waals surface area contributed by atoms with E-state index < -0.39 is 0 Å². The Morgan fingerprint density at radius 1 is 1.08 bits per heavy atom. The molecular weight excluding hydrogens is 392 g/mol. The first kappa shape index (κ1) is 19.2. The number of rotatable bonds is 1. The van der Waals surface area contributed by atoms with Crippen molar-refractivity contribution in [1.82, 2.24) is 15.6 Å². The van der Waals surface area contributed by atoms with E-state index in [0.29, 0.717) is 0 Å². The molecule has 0 aromatic carbocycles. The molecule has 1 rings (SSSR count). The lowest BCUT2D eigenvalue weighted by atomic mass is 10.3. The first-order valence-electron chi connectivity index (χ1n) is 3.33. The van der Waals surface area contributed by atoms with Crippen LogP contribution in [0.15, 0.2) is 24.5 Å². The minimum Gasteiger partial charge on any atom is -1.00 e. The van der Waals surface area contributed by atoms with Gasteiger partial charge in [-0.15, -0.1) is 24.0 Å². The third-order valence-corrected chi connectivity index (χ3v) is 1.44. The van der Waals surface area contributed by atoms with Crippen molar-refractivity contribution in [2.45, 2.75) is 0 Å². The number of aromatic nitrogens is 1. The van der Waals surface area contributed by atoms with Gasteiger partial charge in [-0.05, 0) is 0 Å². The molecule has 0 atom stereocenters. The topological polar surface area (TPSA) is 47.9 Å². The third kappa shape index (κ3) is 6.58. The Labute approximate surface area is 114 Å². The first-order chi connectivity index (χ1) is 4.61. The lowest BCUT2D eigenvalue weighted by Gasteiger charge is -2.22. The van der Waals surface area contributed by atoms with E-state index in [9.17, 15) is 0 Å². The van der Waals surface area contributed by atoms with Gasteiger partial charge in [0.05, 0.1) is 21.1 Å². The molecule has 0 radical (unpaired) electrons. The molecule has 5 heteroatoms. The molecule has 0 unspecified atom stereocenters. The summed E-state index contributed by atoms with van der Waals surface area (Å²) in [6, 6.07) is 4.06. The molecule has 0 fully saturated rings. The minimum atomic E-state index is 0. The van der Waals surface area contributed by atoms with Crippen molar-refractivity contribution < 1.29 is 24.0 Å². The van der Waals surface area contributed by atoms with E-state index in [-0.39, 0.29) is 54.1 Å². The van der Waals surface area contributed by atoms with Crippen molar-refractivity contribution in [3.05, 3.63) is 24.5 Å². The predicted octanol–water partition coefficient (Wildman–Crippen LogP) is -0.938. The molecule has 0 saturated carbocycles. The summed E-state index contributed by atoms with van der Waals surface area (Å²) in [7, 11) is 6.40. The number of halogens is 2. The molecule has 0 spiro atoms. The van der Waals surface area contributed by atoms with Gasteiger partial charge < -0.3 is 30.1 Å². The van der Waals surface area contributed by atoms with Gasteiger partial charge in [0.25, 0.3) is 0 Å². The second-order valence-electron chi connectivity index (χ2n) is 3.22. The van der Waals surface area contributed by atoms with E-state index in [1.54, 1.807) is 0 Å². The van der Waals surface area contributed by atoms with Crippen LogP contribution in [0.4, 0.5) is 5.69 Å². The maximum atomic E-state index is 3.95. The highest BCUT2D eigenvalue weighted by molar-refractivity contribution is 14.0. The van der Waals surface area contributed by atoms with E-state index in [1.165, 1.54) is 5.69 Å². The Bertz CT molecular complexity index is 208. The molecular formula is C8H17I2N3. The molecule has 0 aliphatic rings. The van der Waals surface area contributed by atoms with Crippen LogP contribution in [0.3, 0.4) is 0 Å². The minimum absolute atomic E-state index is 0. The fourth-order valence-corrected chi connectivity index (χ4v) is 0.791. The Morgan fingerprint density at radius 2 is 1.46 bits per heavy atom. The number of nitrogens with zero attached hydrogens (tertiary/aromatic N) is 2. The van der Waals surface area contributed by atoms with Crippen molar-refractivity contribution in [2.24, 2.45) is 0 Å². The van der Waals surface area contributed by atoms with Crippen LogP contribution >= 0.6 is 24.0 Å². The molecule has 78 valence electrons. The van der Waals surface area contributed by atoms with Gasteiger partial charge in [-0.2, -0.15) is 0 Å². The Morgan fingerprint density at radius 3 is 1.69 bits per heavy atom. The fraction of sp³-hybridized carbons (Fsp3) is 0.375. The number of pyridine rings is 1. The largest absolute Gasteiger partial charge is 1.00 e. The molecule has 0 saturated heterocycles. The van der Waals surface area contributed by atoms with Gasteiger partial charge in [0.2, 0.25) is 0 Å². The summed E-state index contributed by atoms with van der Waals surface area (Å²) < 4.78 is 0.850. The summed E-state index contributed by atoms with van der Waals surface area (Å²) in [6.45, 7) is 0. The van der Waals surface area contributed by atoms with Gasteiger partial charge in [0, 0.05) is 24.5 Å². The van der Waals surface area contributed by atoms with Crippen molar-refractivity contribution in [3.8, 4) is 0 Å². The van der Waals surface area contributed by atoms with Crippen LogP contribution in [-0.2, 0) is 0 Å². The van der Waals surface area contributed by atoms with Crippen molar-refractivity contribution >= 4 is 29.7 Å².